The van der Waals surface area contributed by atoms with Crippen LogP contribution in [0.3, 0.4) is 0 Å². The van der Waals surface area contributed by atoms with E-state index in [-0.39, 0.29) is 51.2 Å². The summed E-state index contributed by atoms with van der Waals surface area (Å²) in [6, 6.07) is 0. The fourth-order valence-corrected chi connectivity index (χ4v) is 12.2. The van der Waals surface area contributed by atoms with Crippen LogP contribution in [0.1, 0.15) is 120 Å². The van der Waals surface area contributed by atoms with Crippen LogP contribution in [0.5, 0.6) is 0 Å². The molecule has 0 aromatic rings. The third-order valence-electron chi connectivity index (χ3n) is 14.3. The third-order valence-corrected chi connectivity index (χ3v) is 14.3. The molecule has 36 heavy (non-hydrogen) atoms. The summed E-state index contributed by atoms with van der Waals surface area (Å²) in [6.07, 6.45) is 11.4. The van der Waals surface area contributed by atoms with E-state index >= 15 is 0 Å². The highest BCUT2D eigenvalue weighted by Gasteiger charge is 2.79. The van der Waals surface area contributed by atoms with Crippen molar-refractivity contribution in [2.45, 2.75) is 132 Å². The number of hydrogen-bond donors (Lipinski definition) is 0. The molecule has 2 bridgehead atoms. The Labute approximate surface area is 219 Å². The zero-order valence-corrected chi connectivity index (χ0v) is 24.2. The Morgan fingerprint density at radius 2 is 1.50 bits per heavy atom. The molecular weight excluding hydrogens is 448 g/mol. The molecule has 2 saturated heterocycles. The van der Waals surface area contributed by atoms with Crippen LogP contribution in [-0.2, 0) is 19.1 Å². The molecule has 5 saturated carbocycles. The monoisotopic (exact) mass is 498 g/mol. The summed E-state index contributed by atoms with van der Waals surface area (Å²) in [5.74, 6) is 2.00. The molecule has 0 aromatic carbocycles. The number of fused-ring (bicyclic) bond motifs is 4. The molecule has 0 aromatic heterocycles. The average molecular weight is 499 g/mol. The summed E-state index contributed by atoms with van der Waals surface area (Å²) in [5, 5.41) is 0. The van der Waals surface area contributed by atoms with E-state index in [1.807, 2.05) is 0 Å². The molecule has 0 unspecified atom stereocenters. The van der Waals surface area contributed by atoms with E-state index in [1.165, 1.54) is 25.7 Å². The maximum atomic E-state index is 14.1. The van der Waals surface area contributed by atoms with Gasteiger partial charge in [-0.15, -0.1) is 0 Å². The number of esters is 2. The molecule has 4 nitrogen and oxygen atoms in total. The van der Waals surface area contributed by atoms with Crippen molar-refractivity contribution in [2.24, 2.45) is 56.2 Å². The van der Waals surface area contributed by atoms with E-state index in [2.05, 4.69) is 48.5 Å². The van der Waals surface area contributed by atoms with E-state index in [0.29, 0.717) is 29.1 Å². The first-order chi connectivity index (χ1) is 16.6. The number of carbonyl (C=O) groups is 2. The van der Waals surface area contributed by atoms with Crippen molar-refractivity contribution in [3.05, 3.63) is 0 Å². The van der Waals surface area contributed by atoms with Crippen LogP contribution in [0.4, 0.5) is 0 Å². The van der Waals surface area contributed by atoms with Gasteiger partial charge in [0.05, 0.1) is 5.41 Å². The third kappa shape index (κ3) is 2.83. The number of carbonyl (C=O) groups excluding carboxylic acids is 2. The molecule has 1 spiro atoms. The summed E-state index contributed by atoms with van der Waals surface area (Å²) in [6.45, 7) is 18.8. The zero-order chi connectivity index (χ0) is 26.1. The molecule has 11 atom stereocenters. The summed E-state index contributed by atoms with van der Waals surface area (Å²) < 4.78 is 12.2. The Hall–Kier alpha value is -1.06. The van der Waals surface area contributed by atoms with Gasteiger partial charge in [0.2, 0.25) is 0 Å². The van der Waals surface area contributed by atoms with E-state index in [1.54, 1.807) is 6.92 Å². The predicted octanol–water partition coefficient (Wildman–Crippen LogP) is 7.34. The lowest BCUT2D eigenvalue weighted by Gasteiger charge is -2.77. The van der Waals surface area contributed by atoms with Crippen LogP contribution in [0.15, 0.2) is 0 Å². The SMILES string of the molecule is CC(=O)O[C@H]1CC[C@@H]2[C@](C)(CC[C@H]3[C@@]2(C)CC[C@]24C(=O)O[C@H](C[C@]32C)[C@@]2(C)CCC(C)(C)C[C@H]24)[C@H]1C. The Kier molecular flexibility index (Phi) is 5.13. The van der Waals surface area contributed by atoms with E-state index in [4.69, 9.17) is 9.47 Å². The van der Waals surface area contributed by atoms with Crippen LogP contribution in [-0.4, -0.2) is 24.1 Å². The van der Waals surface area contributed by atoms with E-state index in [9.17, 15) is 9.59 Å². The van der Waals surface area contributed by atoms with Crippen LogP contribution < -0.4 is 0 Å². The number of hydrogen-bond acceptors (Lipinski definition) is 4. The first-order valence-electron chi connectivity index (χ1n) is 15.0. The Balaban J connectivity index is 1.40. The second kappa shape index (κ2) is 7.32. The lowest BCUT2D eigenvalue weighted by atomic mass is 9.28. The molecule has 0 radical (unpaired) electrons. The molecule has 5 aliphatic carbocycles. The largest absolute Gasteiger partial charge is 0.462 e. The van der Waals surface area contributed by atoms with Gasteiger partial charge in [0, 0.05) is 12.3 Å². The van der Waals surface area contributed by atoms with E-state index < -0.39 is 0 Å². The van der Waals surface area contributed by atoms with Gasteiger partial charge in [-0.1, -0.05) is 48.5 Å². The maximum Gasteiger partial charge on any atom is 0.313 e. The first kappa shape index (κ1) is 25.2. The van der Waals surface area contributed by atoms with E-state index in [0.717, 1.165) is 38.5 Å². The van der Waals surface area contributed by atoms with Crippen LogP contribution in [0.2, 0.25) is 0 Å². The van der Waals surface area contributed by atoms with Gasteiger partial charge in [0.1, 0.15) is 12.2 Å². The first-order valence-corrected chi connectivity index (χ1v) is 15.0. The van der Waals surface area contributed by atoms with Gasteiger partial charge in [0.15, 0.2) is 0 Å². The molecule has 2 aliphatic heterocycles. The summed E-state index contributed by atoms with van der Waals surface area (Å²) >= 11 is 0. The van der Waals surface area contributed by atoms with Gasteiger partial charge >= 0.3 is 11.9 Å². The van der Waals surface area contributed by atoms with Gasteiger partial charge in [-0.05, 0) is 110 Å². The highest BCUT2D eigenvalue weighted by Crippen LogP contribution is 2.80. The molecular formula is C32H50O4. The minimum absolute atomic E-state index is 0.00883. The topological polar surface area (TPSA) is 52.6 Å². The Morgan fingerprint density at radius 3 is 2.19 bits per heavy atom. The lowest BCUT2D eigenvalue weighted by molar-refractivity contribution is -0.321. The Morgan fingerprint density at radius 1 is 0.806 bits per heavy atom. The van der Waals surface area contributed by atoms with Crippen molar-refractivity contribution < 1.29 is 19.1 Å². The molecule has 2 heterocycles. The quantitative estimate of drug-likeness (QED) is 0.355. The highest BCUT2D eigenvalue weighted by atomic mass is 16.6. The van der Waals surface area contributed by atoms with Gasteiger partial charge in [-0.3, -0.25) is 9.59 Å². The molecule has 0 N–H and O–H groups in total. The number of rotatable bonds is 1. The van der Waals surface area contributed by atoms with Gasteiger partial charge in [0.25, 0.3) is 0 Å². The molecule has 7 aliphatic rings. The van der Waals surface area contributed by atoms with Crippen molar-refractivity contribution >= 4 is 11.9 Å². The van der Waals surface area contributed by atoms with Crippen molar-refractivity contribution in [1.29, 1.82) is 0 Å². The lowest BCUT2D eigenvalue weighted by Crippen LogP contribution is -2.77. The summed E-state index contributed by atoms with van der Waals surface area (Å²) in [5.41, 5.74) is 0.521. The van der Waals surface area contributed by atoms with Crippen LogP contribution >= 0.6 is 0 Å². The van der Waals surface area contributed by atoms with Crippen molar-refractivity contribution in [3.8, 4) is 0 Å². The van der Waals surface area contributed by atoms with Crippen molar-refractivity contribution in [3.63, 3.8) is 0 Å². The fraction of sp³-hybridized carbons (Fsp3) is 0.938. The molecule has 7 rings (SSSR count). The summed E-state index contributed by atoms with van der Waals surface area (Å²) in [7, 11) is 0. The van der Waals surface area contributed by atoms with Crippen LogP contribution in [0.25, 0.3) is 0 Å². The van der Waals surface area contributed by atoms with Gasteiger partial charge < -0.3 is 9.47 Å². The predicted molar refractivity (Wildman–Crippen MR) is 140 cm³/mol. The smallest absolute Gasteiger partial charge is 0.313 e. The fourth-order valence-electron chi connectivity index (χ4n) is 12.2. The summed E-state index contributed by atoms with van der Waals surface area (Å²) in [4.78, 5) is 25.9. The highest BCUT2D eigenvalue weighted by molar-refractivity contribution is 5.81. The molecule has 7 fully saturated rings. The normalized spacial score (nSPS) is 56.9. The van der Waals surface area contributed by atoms with Crippen molar-refractivity contribution in [1.82, 2.24) is 0 Å². The molecule has 4 heteroatoms. The standard InChI is InChI=1S/C32H50O4/c1-19-21(35-20(2)33)9-10-22-28(19,5)12-11-23-29(22,6)15-16-32-24-17-27(3,4)13-14-30(24,7)25(36-26(32)34)18-31(23,32)8/h19,21-25H,9-18H2,1-8H3/t19-,21-,22+,23-,24+,25+,28+,29-,30-,31+,32-/m0/s1. The molecule has 0 amide bonds. The minimum atomic E-state index is -0.327. The minimum Gasteiger partial charge on any atom is -0.462 e. The second-order valence-electron chi connectivity index (χ2n) is 16.1. The Bertz CT molecular complexity index is 987. The average Bonchev–Trinajstić information content (AvgIpc) is 2.77. The van der Waals surface area contributed by atoms with Crippen molar-refractivity contribution in [2.75, 3.05) is 0 Å². The number of ether oxygens (including phenoxy) is 2. The maximum absolute atomic E-state index is 14.1. The van der Waals surface area contributed by atoms with Gasteiger partial charge in [-0.2, -0.15) is 0 Å². The molecule has 202 valence electrons. The van der Waals surface area contributed by atoms with Gasteiger partial charge in [-0.25, -0.2) is 0 Å². The second-order valence-corrected chi connectivity index (χ2v) is 16.1. The van der Waals surface area contributed by atoms with Crippen LogP contribution in [0, 0.1) is 56.2 Å². The zero-order valence-electron chi connectivity index (χ0n) is 24.2.